The minimum Gasteiger partial charge on any atom is -0.447 e. The lowest BCUT2D eigenvalue weighted by Gasteiger charge is -2.11. The smallest absolute Gasteiger partial charge is 0.416 e. The number of alkyl halides is 3. The molecule has 0 unspecified atom stereocenters. The highest BCUT2D eigenvalue weighted by Gasteiger charge is 2.30. The molecule has 2 aromatic carbocycles. The zero-order valence-corrected chi connectivity index (χ0v) is 13.5. The number of halogens is 3. The van der Waals surface area contributed by atoms with Crippen molar-refractivity contribution in [2.75, 3.05) is 23.8 Å². The van der Waals surface area contributed by atoms with Crippen molar-refractivity contribution in [3.63, 3.8) is 0 Å². The van der Waals surface area contributed by atoms with Gasteiger partial charge in [0, 0.05) is 11.4 Å². The molecule has 0 saturated heterocycles. The number of hydrogen-bond donors (Lipinski definition) is 3. The van der Waals surface area contributed by atoms with Crippen molar-refractivity contribution in [1.82, 2.24) is 5.32 Å². The molecule has 0 saturated carbocycles. The van der Waals surface area contributed by atoms with Crippen molar-refractivity contribution >= 4 is 23.5 Å². The number of carbonyl (C=O) groups excluding carboxylic acids is 2. The van der Waals surface area contributed by atoms with Crippen LogP contribution in [-0.4, -0.2) is 25.3 Å². The summed E-state index contributed by atoms with van der Waals surface area (Å²) in [5.41, 5.74) is -0.302. The number of ether oxygens (including phenoxy) is 1. The van der Waals surface area contributed by atoms with Crippen molar-refractivity contribution in [1.29, 1.82) is 0 Å². The molecule has 0 atom stereocenters. The van der Waals surface area contributed by atoms with Crippen LogP contribution in [0.1, 0.15) is 5.56 Å². The first-order valence-electron chi connectivity index (χ1n) is 7.55. The van der Waals surface area contributed by atoms with E-state index in [1.165, 1.54) is 12.1 Å². The molecule has 3 amide bonds. The lowest BCUT2D eigenvalue weighted by molar-refractivity contribution is -0.137. The van der Waals surface area contributed by atoms with Gasteiger partial charge in [-0.05, 0) is 30.3 Å². The van der Waals surface area contributed by atoms with Crippen LogP contribution in [0.15, 0.2) is 54.6 Å². The van der Waals surface area contributed by atoms with E-state index < -0.39 is 23.9 Å². The summed E-state index contributed by atoms with van der Waals surface area (Å²) in [5, 5.41) is 7.14. The van der Waals surface area contributed by atoms with Crippen molar-refractivity contribution in [2.45, 2.75) is 6.18 Å². The second-order valence-corrected chi connectivity index (χ2v) is 5.09. The molecule has 0 bridgehead atoms. The normalized spacial score (nSPS) is 10.7. The van der Waals surface area contributed by atoms with Gasteiger partial charge in [0.1, 0.15) is 6.61 Å². The first-order chi connectivity index (χ1) is 12.3. The van der Waals surface area contributed by atoms with Crippen LogP contribution >= 0.6 is 0 Å². The number of hydrogen-bond acceptors (Lipinski definition) is 3. The van der Waals surface area contributed by atoms with Crippen LogP contribution in [0.4, 0.5) is 34.1 Å². The summed E-state index contributed by atoms with van der Waals surface area (Å²) in [6, 6.07) is 12.2. The van der Waals surface area contributed by atoms with Crippen LogP contribution in [0.25, 0.3) is 0 Å². The summed E-state index contributed by atoms with van der Waals surface area (Å²) >= 11 is 0. The molecule has 0 aliphatic carbocycles. The molecule has 0 radical (unpaired) electrons. The van der Waals surface area contributed by atoms with E-state index in [-0.39, 0.29) is 18.8 Å². The van der Waals surface area contributed by atoms with Crippen molar-refractivity contribution in [3.05, 3.63) is 60.2 Å². The molecule has 9 heteroatoms. The van der Waals surface area contributed by atoms with Crippen LogP contribution in [-0.2, 0) is 10.9 Å². The Labute approximate surface area is 147 Å². The van der Waals surface area contributed by atoms with Gasteiger partial charge in [0.2, 0.25) is 0 Å². The van der Waals surface area contributed by atoms with E-state index >= 15 is 0 Å². The zero-order chi connectivity index (χ0) is 19.0. The van der Waals surface area contributed by atoms with Gasteiger partial charge in [-0.3, -0.25) is 5.32 Å². The predicted molar refractivity (Wildman–Crippen MR) is 89.9 cm³/mol. The highest BCUT2D eigenvalue weighted by molar-refractivity contribution is 5.89. The van der Waals surface area contributed by atoms with Gasteiger partial charge in [0.15, 0.2) is 0 Å². The summed E-state index contributed by atoms with van der Waals surface area (Å²) in [4.78, 5) is 23.2. The monoisotopic (exact) mass is 367 g/mol. The molecular weight excluding hydrogens is 351 g/mol. The maximum absolute atomic E-state index is 12.6. The minimum absolute atomic E-state index is 0.0000593. The van der Waals surface area contributed by atoms with Crippen molar-refractivity contribution < 1.29 is 27.5 Å². The number of anilines is 2. The topological polar surface area (TPSA) is 79.5 Å². The predicted octanol–water partition coefficient (Wildman–Crippen LogP) is 4.08. The highest BCUT2D eigenvalue weighted by Crippen LogP contribution is 2.30. The Morgan fingerprint density at radius 1 is 0.923 bits per heavy atom. The molecule has 2 aromatic rings. The van der Waals surface area contributed by atoms with Crippen LogP contribution in [0, 0.1) is 0 Å². The van der Waals surface area contributed by atoms with E-state index in [1.54, 1.807) is 30.3 Å². The van der Waals surface area contributed by atoms with E-state index in [0.717, 1.165) is 12.1 Å². The highest BCUT2D eigenvalue weighted by atomic mass is 19.4. The fourth-order valence-corrected chi connectivity index (χ4v) is 1.93. The fourth-order valence-electron chi connectivity index (χ4n) is 1.93. The minimum atomic E-state index is -4.49. The molecule has 0 heterocycles. The van der Waals surface area contributed by atoms with Crippen molar-refractivity contribution in [3.8, 4) is 0 Å². The largest absolute Gasteiger partial charge is 0.447 e. The van der Waals surface area contributed by atoms with E-state index in [9.17, 15) is 22.8 Å². The van der Waals surface area contributed by atoms with Crippen molar-refractivity contribution in [2.24, 2.45) is 0 Å². The molecule has 0 aliphatic rings. The van der Waals surface area contributed by atoms with Gasteiger partial charge in [-0.25, -0.2) is 9.59 Å². The number of rotatable bonds is 5. The molecule has 0 spiro atoms. The van der Waals surface area contributed by atoms with Gasteiger partial charge in [-0.15, -0.1) is 0 Å². The van der Waals surface area contributed by atoms with Crippen LogP contribution in [0.2, 0.25) is 0 Å². The van der Waals surface area contributed by atoms with Crippen LogP contribution < -0.4 is 16.0 Å². The van der Waals surface area contributed by atoms with E-state index in [4.69, 9.17) is 4.74 Å². The third kappa shape index (κ3) is 6.34. The number of para-hydroxylation sites is 1. The molecule has 138 valence electrons. The Morgan fingerprint density at radius 2 is 1.62 bits per heavy atom. The molecule has 3 N–H and O–H groups in total. The maximum Gasteiger partial charge on any atom is 0.416 e. The van der Waals surface area contributed by atoms with Gasteiger partial charge < -0.3 is 15.4 Å². The van der Waals surface area contributed by atoms with Gasteiger partial charge >= 0.3 is 18.3 Å². The summed E-state index contributed by atoms with van der Waals surface area (Å²) in [5.74, 6) is 0. The first kappa shape index (κ1) is 19.1. The Morgan fingerprint density at radius 3 is 2.31 bits per heavy atom. The third-order valence-corrected chi connectivity index (χ3v) is 3.09. The second kappa shape index (κ2) is 8.75. The summed E-state index contributed by atoms with van der Waals surface area (Å²) in [6.45, 7) is -0.109. The fraction of sp³-hybridized carbons (Fsp3) is 0.176. The molecule has 0 aromatic heterocycles. The first-order valence-corrected chi connectivity index (χ1v) is 7.55. The van der Waals surface area contributed by atoms with Crippen LogP contribution in [0.3, 0.4) is 0 Å². The third-order valence-electron chi connectivity index (χ3n) is 3.09. The second-order valence-electron chi connectivity index (χ2n) is 5.09. The summed E-state index contributed by atoms with van der Waals surface area (Å²) < 4.78 is 42.7. The molecule has 2 rings (SSSR count). The number of nitrogens with one attached hydrogen (secondary N) is 3. The number of amides is 3. The maximum atomic E-state index is 12.6. The summed E-state index contributed by atoms with van der Waals surface area (Å²) in [6.07, 6.45) is -5.18. The summed E-state index contributed by atoms with van der Waals surface area (Å²) in [7, 11) is 0. The Bertz CT molecular complexity index is 752. The lowest BCUT2D eigenvalue weighted by atomic mass is 10.2. The average Bonchev–Trinajstić information content (AvgIpc) is 2.59. The van der Waals surface area contributed by atoms with E-state index in [1.807, 2.05) is 0 Å². The number of urea groups is 1. The number of benzene rings is 2. The molecule has 26 heavy (non-hydrogen) atoms. The standard InChI is InChI=1S/C17H16F3N3O3/c18-17(19,20)12-5-4-8-14(11-12)22-15(24)21-9-10-26-16(25)23-13-6-2-1-3-7-13/h1-8,11H,9-10H2,(H,23,25)(H2,21,22,24). The van der Waals surface area contributed by atoms with E-state index in [0.29, 0.717) is 5.69 Å². The Balaban J connectivity index is 1.70. The van der Waals surface area contributed by atoms with Gasteiger partial charge in [0.25, 0.3) is 0 Å². The molecule has 0 aliphatic heterocycles. The van der Waals surface area contributed by atoms with Gasteiger partial charge in [-0.1, -0.05) is 24.3 Å². The average molecular weight is 367 g/mol. The molecule has 6 nitrogen and oxygen atoms in total. The molecule has 0 fully saturated rings. The SMILES string of the molecule is O=C(NCCOC(=O)Nc1ccccc1)Nc1cccc(C(F)(F)F)c1. The lowest BCUT2D eigenvalue weighted by Crippen LogP contribution is -2.32. The van der Waals surface area contributed by atoms with E-state index in [2.05, 4.69) is 16.0 Å². The van der Waals surface area contributed by atoms with Gasteiger partial charge in [-0.2, -0.15) is 13.2 Å². The Hall–Kier alpha value is -3.23. The molecular formula is C17H16F3N3O3. The Kier molecular flexibility index (Phi) is 6.42. The quantitative estimate of drug-likeness (QED) is 0.697. The van der Waals surface area contributed by atoms with Crippen LogP contribution in [0.5, 0.6) is 0 Å². The number of carbonyl (C=O) groups is 2. The zero-order valence-electron chi connectivity index (χ0n) is 13.5. The van der Waals surface area contributed by atoms with Gasteiger partial charge in [0.05, 0.1) is 12.1 Å².